The Morgan fingerprint density at radius 2 is 1.83 bits per heavy atom. The standard InChI is InChI=1S/C18H24N3O2P/c1-12(2)15-8-6-13(11-19-15)21-17-10-14(24(4,5)23)7-9-16(17)20(3)18(21)22/h6-12,23-24H,1-5H3. The number of nitrogens with zero attached hydrogens (tertiary/aromatic N) is 3. The van der Waals surface area contributed by atoms with Crippen LogP contribution < -0.4 is 11.0 Å². The molecule has 1 N–H and O–H groups in total. The number of rotatable bonds is 3. The molecule has 0 aliphatic heterocycles. The van der Waals surface area contributed by atoms with Gasteiger partial charge in [-0.15, -0.1) is 0 Å². The van der Waals surface area contributed by atoms with Gasteiger partial charge in [0.05, 0.1) is 0 Å². The van der Waals surface area contributed by atoms with E-state index < -0.39 is 7.49 Å². The molecule has 128 valence electrons. The number of benzene rings is 1. The summed E-state index contributed by atoms with van der Waals surface area (Å²) in [4.78, 5) is 27.6. The maximum absolute atomic E-state index is 12.7. The van der Waals surface area contributed by atoms with Crippen molar-refractivity contribution in [3.63, 3.8) is 0 Å². The number of fused-ring (bicyclic) bond motifs is 1. The van der Waals surface area contributed by atoms with Crippen LogP contribution in [0, 0.1) is 0 Å². The average molecular weight is 345 g/mol. The summed E-state index contributed by atoms with van der Waals surface area (Å²) in [6.07, 6.45) is 1.74. The predicted molar refractivity (Wildman–Crippen MR) is 102 cm³/mol. The first-order valence-corrected chi connectivity index (χ1v) is 11.1. The molecular weight excluding hydrogens is 321 g/mol. The van der Waals surface area contributed by atoms with Gasteiger partial charge in [-0.05, 0) is 0 Å². The van der Waals surface area contributed by atoms with Crippen LogP contribution in [-0.2, 0) is 7.05 Å². The second-order valence-electron chi connectivity index (χ2n) is 7.04. The third-order valence-corrected chi connectivity index (χ3v) is 6.11. The Morgan fingerprint density at radius 3 is 2.38 bits per heavy atom. The Hall–Kier alpha value is -1.97. The molecule has 2 heterocycles. The molecule has 0 aliphatic carbocycles. The molecule has 6 heteroatoms. The second kappa shape index (κ2) is 5.83. The van der Waals surface area contributed by atoms with E-state index in [-0.39, 0.29) is 5.69 Å². The normalized spacial score (nSPS) is 13.0. The van der Waals surface area contributed by atoms with Crippen molar-refractivity contribution in [2.24, 2.45) is 7.05 Å². The topological polar surface area (TPSA) is 60.0 Å². The van der Waals surface area contributed by atoms with Gasteiger partial charge in [0.15, 0.2) is 0 Å². The van der Waals surface area contributed by atoms with Crippen molar-refractivity contribution in [3.05, 3.63) is 52.7 Å². The molecule has 1 aromatic carbocycles. The summed E-state index contributed by atoms with van der Waals surface area (Å²) in [5.41, 5.74) is 3.27. The SMILES string of the molecule is CC(C)c1ccc(-n2c(=O)n(C)c3ccc([PH](C)(C)O)cc32)cn1. The molecule has 0 bridgehead atoms. The van der Waals surface area contributed by atoms with E-state index in [1.54, 1.807) is 22.4 Å². The second-order valence-corrected chi connectivity index (χ2v) is 10.7. The third-order valence-electron chi connectivity index (χ3n) is 4.38. The van der Waals surface area contributed by atoms with E-state index in [2.05, 4.69) is 18.8 Å². The Morgan fingerprint density at radius 1 is 1.12 bits per heavy atom. The predicted octanol–water partition coefficient (Wildman–Crippen LogP) is 2.39. The number of aromatic nitrogens is 3. The van der Waals surface area contributed by atoms with Crippen molar-refractivity contribution in [1.82, 2.24) is 14.1 Å². The zero-order valence-corrected chi connectivity index (χ0v) is 15.7. The van der Waals surface area contributed by atoms with Crippen molar-refractivity contribution < 1.29 is 4.89 Å². The first-order chi connectivity index (χ1) is 11.2. The van der Waals surface area contributed by atoms with Gasteiger partial charge in [0, 0.05) is 0 Å². The van der Waals surface area contributed by atoms with Crippen LogP contribution in [0.4, 0.5) is 0 Å². The fraction of sp³-hybridized carbons (Fsp3) is 0.333. The van der Waals surface area contributed by atoms with E-state index in [1.807, 2.05) is 43.7 Å². The quantitative estimate of drug-likeness (QED) is 0.742. The van der Waals surface area contributed by atoms with Crippen molar-refractivity contribution in [2.75, 3.05) is 13.3 Å². The Kier molecular flexibility index (Phi) is 4.10. The van der Waals surface area contributed by atoms with Crippen LogP contribution in [0.1, 0.15) is 25.5 Å². The van der Waals surface area contributed by atoms with Crippen LogP contribution in [0.15, 0.2) is 41.3 Å². The van der Waals surface area contributed by atoms with E-state index in [0.29, 0.717) is 5.92 Å². The van der Waals surface area contributed by atoms with E-state index in [0.717, 1.165) is 27.7 Å². The molecule has 24 heavy (non-hydrogen) atoms. The third kappa shape index (κ3) is 2.79. The van der Waals surface area contributed by atoms with Gasteiger partial charge in [0.1, 0.15) is 0 Å². The molecule has 2 aromatic heterocycles. The van der Waals surface area contributed by atoms with Gasteiger partial charge in [-0.3, -0.25) is 0 Å². The zero-order valence-electron chi connectivity index (χ0n) is 14.7. The number of hydrogen-bond donors (Lipinski definition) is 1. The van der Waals surface area contributed by atoms with Crippen LogP contribution in [0.2, 0.25) is 0 Å². The van der Waals surface area contributed by atoms with Crippen LogP contribution in [0.25, 0.3) is 16.7 Å². The van der Waals surface area contributed by atoms with Gasteiger partial charge in [-0.1, -0.05) is 0 Å². The van der Waals surface area contributed by atoms with Gasteiger partial charge in [0.25, 0.3) is 0 Å². The molecule has 3 aromatic rings. The first-order valence-electron chi connectivity index (χ1n) is 8.11. The molecule has 3 rings (SSSR count). The molecule has 0 unspecified atom stereocenters. The summed E-state index contributed by atoms with van der Waals surface area (Å²) in [7, 11) is -0.684. The summed E-state index contributed by atoms with van der Waals surface area (Å²) in [5, 5.41) is 0.904. The number of imidazole rings is 1. The van der Waals surface area contributed by atoms with Gasteiger partial charge in [-0.25, -0.2) is 0 Å². The Balaban J connectivity index is 2.26. The van der Waals surface area contributed by atoms with Crippen molar-refractivity contribution in [1.29, 1.82) is 0 Å². The van der Waals surface area contributed by atoms with E-state index in [9.17, 15) is 9.69 Å². The first kappa shape index (κ1) is 16.9. The molecular formula is C18H24N3O2P. The molecule has 0 atom stereocenters. The summed E-state index contributed by atoms with van der Waals surface area (Å²) >= 11 is 0. The zero-order chi connectivity index (χ0) is 17.6. The van der Waals surface area contributed by atoms with Crippen LogP contribution in [-0.4, -0.2) is 32.3 Å². The molecule has 5 nitrogen and oxygen atoms in total. The molecule has 0 saturated carbocycles. The van der Waals surface area contributed by atoms with Crippen LogP contribution >= 0.6 is 7.49 Å². The summed E-state index contributed by atoms with van der Waals surface area (Å²) < 4.78 is 3.29. The average Bonchev–Trinajstić information content (AvgIpc) is 2.78. The van der Waals surface area contributed by atoms with Crippen LogP contribution in [0.3, 0.4) is 0 Å². The number of pyridine rings is 1. The summed E-state index contributed by atoms with van der Waals surface area (Å²) in [6, 6.07) is 9.64. The van der Waals surface area contributed by atoms with E-state index >= 15 is 0 Å². The van der Waals surface area contributed by atoms with Crippen molar-refractivity contribution >= 4 is 23.8 Å². The molecule has 0 aliphatic rings. The van der Waals surface area contributed by atoms with E-state index in [4.69, 9.17) is 0 Å². The van der Waals surface area contributed by atoms with Gasteiger partial charge in [0.2, 0.25) is 0 Å². The molecule has 0 fully saturated rings. The van der Waals surface area contributed by atoms with Crippen molar-refractivity contribution in [2.45, 2.75) is 19.8 Å². The monoisotopic (exact) mass is 345 g/mol. The van der Waals surface area contributed by atoms with Gasteiger partial charge in [-0.2, -0.15) is 0 Å². The molecule has 0 spiro atoms. The molecule has 0 saturated heterocycles. The summed E-state index contributed by atoms with van der Waals surface area (Å²) in [5.74, 6) is 0.344. The summed E-state index contributed by atoms with van der Waals surface area (Å²) in [6.45, 7) is 7.93. The fourth-order valence-corrected chi connectivity index (χ4v) is 3.82. The molecule has 0 amide bonds. The van der Waals surface area contributed by atoms with Gasteiger partial charge >= 0.3 is 141 Å². The van der Waals surface area contributed by atoms with E-state index in [1.165, 1.54) is 0 Å². The number of hydrogen-bond acceptors (Lipinski definition) is 3. The minimum atomic E-state index is -2.45. The number of aryl methyl sites for hydroxylation is 1. The fourth-order valence-electron chi connectivity index (χ4n) is 2.84. The van der Waals surface area contributed by atoms with Crippen molar-refractivity contribution in [3.8, 4) is 5.69 Å². The van der Waals surface area contributed by atoms with Crippen LogP contribution in [0.5, 0.6) is 0 Å². The molecule has 0 radical (unpaired) electrons. The maximum atomic E-state index is 12.7. The minimum absolute atomic E-state index is 0.112. The Bertz CT molecular complexity index is 947. The van der Waals surface area contributed by atoms with Gasteiger partial charge < -0.3 is 0 Å². The Labute approximate surface area is 142 Å².